The smallest absolute Gasteiger partial charge is 0.228 e. The summed E-state index contributed by atoms with van der Waals surface area (Å²) >= 11 is 0. The number of benzene rings is 2. The third-order valence-corrected chi connectivity index (χ3v) is 5.22. The monoisotopic (exact) mass is 354 g/mol. The van der Waals surface area contributed by atoms with Gasteiger partial charge in [-0.05, 0) is 43.1 Å². The van der Waals surface area contributed by atoms with Gasteiger partial charge in [-0.2, -0.15) is 0 Å². The Kier molecular flexibility index (Phi) is 6.40. The first-order valence-electron chi connectivity index (χ1n) is 9.45. The molecule has 3 nitrogen and oxygen atoms in total. The molecule has 3 rings (SSSR count). The van der Waals surface area contributed by atoms with E-state index in [0.29, 0.717) is 11.6 Å². The molecule has 0 heterocycles. The van der Waals surface area contributed by atoms with Crippen LogP contribution < -0.4 is 5.32 Å². The average molecular weight is 354 g/mol. The molecule has 0 saturated heterocycles. The normalized spacial score (nSPS) is 15.2. The van der Waals surface area contributed by atoms with E-state index in [-0.39, 0.29) is 18.1 Å². The summed E-state index contributed by atoms with van der Waals surface area (Å²) in [5.41, 5.74) is 2.33. The van der Waals surface area contributed by atoms with Crippen LogP contribution in [0.5, 0.6) is 0 Å². The number of rotatable bonds is 6. The minimum atomic E-state index is -0.340. The number of hydrogen-bond donors (Lipinski definition) is 1. The SMILES string of the molecule is CN(Cc1ccccc1NC(=O)Cc1ccccc1F)C1CCCCC1. The van der Waals surface area contributed by atoms with Crippen LogP contribution in [-0.2, 0) is 17.8 Å². The largest absolute Gasteiger partial charge is 0.325 e. The van der Waals surface area contributed by atoms with Crippen molar-refractivity contribution in [1.29, 1.82) is 0 Å². The van der Waals surface area contributed by atoms with E-state index in [1.54, 1.807) is 18.2 Å². The highest BCUT2D eigenvalue weighted by atomic mass is 19.1. The van der Waals surface area contributed by atoms with Gasteiger partial charge in [0.2, 0.25) is 5.91 Å². The van der Waals surface area contributed by atoms with Crippen LogP contribution in [0.3, 0.4) is 0 Å². The molecule has 2 aromatic carbocycles. The molecule has 1 aliphatic rings. The van der Waals surface area contributed by atoms with Crippen LogP contribution in [0.2, 0.25) is 0 Å². The summed E-state index contributed by atoms with van der Waals surface area (Å²) < 4.78 is 13.8. The van der Waals surface area contributed by atoms with E-state index in [1.165, 1.54) is 38.2 Å². The van der Waals surface area contributed by atoms with Gasteiger partial charge in [0.05, 0.1) is 6.42 Å². The summed E-state index contributed by atoms with van der Waals surface area (Å²) in [7, 11) is 2.16. The third kappa shape index (κ3) is 4.92. The van der Waals surface area contributed by atoms with Gasteiger partial charge >= 0.3 is 0 Å². The number of halogens is 1. The third-order valence-electron chi connectivity index (χ3n) is 5.22. The number of carbonyl (C=O) groups excluding carboxylic acids is 1. The van der Waals surface area contributed by atoms with Gasteiger partial charge in [-0.1, -0.05) is 55.7 Å². The summed E-state index contributed by atoms with van der Waals surface area (Å²) in [5, 5.41) is 2.96. The number of anilines is 1. The Morgan fingerprint density at radius 1 is 1.04 bits per heavy atom. The fraction of sp³-hybridized carbons (Fsp3) is 0.409. The molecule has 0 spiro atoms. The van der Waals surface area contributed by atoms with Crippen molar-refractivity contribution in [2.45, 2.75) is 51.1 Å². The highest BCUT2D eigenvalue weighted by Gasteiger charge is 2.19. The lowest BCUT2D eigenvalue weighted by Gasteiger charge is -2.31. The van der Waals surface area contributed by atoms with Crippen LogP contribution in [-0.4, -0.2) is 23.9 Å². The predicted molar refractivity (Wildman–Crippen MR) is 104 cm³/mol. The van der Waals surface area contributed by atoms with Crippen LogP contribution in [0, 0.1) is 5.82 Å². The van der Waals surface area contributed by atoms with Crippen molar-refractivity contribution in [3.05, 3.63) is 65.5 Å². The van der Waals surface area contributed by atoms with E-state index in [9.17, 15) is 9.18 Å². The Balaban J connectivity index is 1.65. The summed E-state index contributed by atoms with van der Waals surface area (Å²) in [6.45, 7) is 0.806. The Morgan fingerprint density at radius 2 is 1.69 bits per heavy atom. The quantitative estimate of drug-likeness (QED) is 0.810. The Morgan fingerprint density at radius 3 is 2.42 bits per heavy atom. The summed E-state index contributed by atoms with van der Waals surface area (Å²) in [6, 6.07) is 14.9. The highest BCUT2D eigenvalue weighted by molar-refractivity contribution is 5.93. The molecule has 0 aromatic heterocycles. The van der Waals surface area contributed by atoms with E-state index < -0.39 is 0 Å². The minimum Gasteiger partial charge on any atom is -0.325 e. The van der Waals surface area contributed by atoms with Crippen LogP contribution in [0.25, 0.3) is 0 Å². The first-order valence-corrected chi connectivity index (χ1v) is 9.45. The molecule has 4 heteroatoms. The Labute approximate surface area is 155 Å². The van der Waals surface area contributed by atoms with Crippen molar-refractivity contribution >= 4 is 11.6 Å². The van der Waals surface area contributed by atoms with Crippen molar-refractivity contribution in [1.82, 2.24) is 4.90 Å². The molecular formula is C22H27FN2O. The lowest BCUT2D eigenvalue weighted by Crippen LogP contribution is -2.33. The standard InChI is InChI=1S/C22H27FN2O/c1-25(19-11-3-2-4-12-19)16-18-10-6-8-14-21(18)24-22(26)15-17-9-5-7-13-20(17)23/h5-10,13-14,19H,2-4,11-12,15-16H2,1H3,(H,24,26). The zero-order valence-electron chi connectivity index (χ0n) is 15.4. The number of carbonyl (C=O) groups is 1. The molecule has 138 valence electrons. The van der Waals surface area contributed by atoms with E-state index in [1.807, 2.05) is 18.2 Å². The van der Waals surface area contributed by atoms with Gasteiger partial charge in [-0.25, -0.2) is 4.39 Å². The van der Waals surface area contributed by atoms with Gasteiger partial charge in [-0.15, -0.1) is 0 Å². The van der Waals surface area contributed by atoms with Gasteiger partial charge in [0, 0.05) is 18.3 Å². The van der Waals surface area contributed by atoms with Gasteiger partial charge in [0.1, 0.15) is 5.82 Å². The number of para-hydroxylation sites is 1. The number of amides is 1. The molecule has 1 N–H and O–H groups in total. The van der Waals surface area contributed by atoms with Crippen LogP contribution in [0.15, 0.2) is 48.5 Å². The minimum absolute atomic E-state index is 0.0411. The summed E-state index contributed by atoms with van der Waals surface area (Å²) in [5.74, 6) is -0.532. The number of hydrogen-bond acceptors (Lipinski definition) is 2. The fourth-order valence-electron chi connectivity index (χ4n) is 3.71. The number of nitrogens with one attached hydrogen (secondary N) is 1. The molecule has 0 bridgehead atoms. The second-order valence-electron chi connectivity index (χ2n) is 7.18. The van der Waals surface area contributed by atoms with Gasteiger partial charge in [-0.3, -0.25) is 9.69 Å². The lowest BCUT2D eigenvalue weighted by molar-refractivity contribution is -0.115. The molecule has 2 aromatic rings. The topological polar surface area (TPSA) is 32.3 Å². The van der Waals surface area contributed by atoms with Crippen molar-refractivity contribution in [3.8, 4) is 0 Å². The van der Waals surface area contributed by atoms with Crippen LogP contribution in [0.4, 0.5) is 10.1 Å². The van der Waals surface area contributed by atoms with Crippen molar-refractivity contribution in [2.24, 2.45) is 0 Å². The fourth-order valence-corrected chi connectivity index (χ4v) is 3.71. The van der Waals surface area contributed by atoms with Crippen LogP contribution >= 0.6 is 0 Å². The molecule has 0 radical (unpaired) electrons. The molecule has 26 heavy (non-hydrogen) atoms. The molecule has 0 unspecified atom stereocenters. The molecule has 0 atom stereocenters. The van der Waals surface area contributed by atoms with Crippen molar-refractivity contribution in [3.63, 3.8) is 0 Å². The molecular weight excluding hydrogens is 327 g/mol. The molecule has 1 saturated carbocycles. The average Bonchev–Trinajstić information content (AvgIpc) is 2.66. The predicted octanol–water partition coefficient (Wildman–Crippen LogP) is 4.77. The van der Waals surface area contributed by atoms with Crippen molar-refractivity contribution < 1.29 is 9.18 Å². The Hall–Kier alpha value is -2.20. The number of nitrogens with zero attached hydrogens (tertiary/aromatic N) is 1. The lowest BCUT2D eigenvalue weighted by atomic mass is 9.94. The maximum atomic E-state index is 13.8. The molecule has 0 aliphatic heterocycles. The van der Waals surface area contributed by atoms with Gasteiger partial charge in [0.25, 0.3) is 0 Å². The maximum Gasteiger partial charge on any atom is 0.228 e. The second kappa shape index (κ2) is 8.95. The maximum absolute atomic E-state index is 13.8. The van der Waals surface area contributed by atoms with Gasteiger partial charge in [0.15, 0.2) is 0 Å². The van der Waals surface area contributed by atoms with E-state index in [2.05, 4.69) is 23.3 Å². The second-order valence-corrected chi connectivity index (χ2v) is 7.18. The zero-order chi connectivity index (χ0) is 18.4. The van der Waals surface area contributed by atoms with E-state index in [4.69, 9.17) is 0 Å². The molecule has 1 fully saturated rings. The molecule has 1 amide bonds. The highest BCUT2D eigenvalue weighted by Crippen LogP contribution is 2.25. The Bertz CT molecular complexity index is 740. The summed E-state index contributed by atoms with van der Waals surface area (Å²) in [6.07, 6.45) is 6.48. The van der Waals surface area contributed by atoms with Crippen LogP contribution in [0.1, 0.15) is 43.2 Å². The summed E-state index contributed by atoms with van der Waals surface area (Å²) in [4.78, 5) is 14.8. The van der Waals surface area contributed by atoms with Gasteiger partial charge < -0.3 is 5.32 Å². The van der Waals surface area contributed by atoms with E-state index in [0.717, 1.165) is 17.8 Å². The first kappa shape index (κ1) is 18.6. The zero-order valence-corrected chi connectivity index (χ0v) is 15.4. The molecule has 1 aliphatic carbocycles. The first-order chi connectivity index (χ1) is 12.6. The van der Waals surface area contributed by atoms with Crippen molar-refractivity contribution in [2.75, 3.05) is 12.4 Å². The van der Waals surface area contributed by atoms with E-state index >= 15 is 0 Å².